The zero-order chi connectivity index (χ0) is 15.6. The number of ether oxygens (including phenoxy) is 1. The van der Waals surface area contributed by atoms with E-state index in [9.17, 15) is 14.4 Å². The number of allylic oxidation sites excluding steroid dienone is 1. The van der Waals surface area contributed by atoms with Crippen molar-refractivity contribution in [3.05, 3.63) is 34.0 Å². The summed E-state index contributed by atoms with van der Waals surface area (Å²) in [7, 11) is 0. The van der Waals surface area contributed by atoms with E-state index >= 15 is 0 Å². The molecule has 1 aromatic heterocycles. The van der Waals surface area contributed by atoms with Crippen LogP contribution in [-0.4, -0.2) is 33.2 Å². The van der Waals surface area contributed by atoms with Crippen molar-refractivity contribution in [3.8, 4) is 0 Å². The lowest BCUT2D eigenvalue weighted by Crippen LogP contribution is -2.34. The van der Waals surface area contributed by atoms with Gasteiger partial charge in [0.15, 0.2) is 0 Å². The Hall–Kier alpha value is -2.44. The second-order valence-corrected chi connectivity index (χ2v) is 4.79. The summed E-state index contributed by atoms with van der Waals surface area (Å²) in [6.45, 7) is 3.65. The molecule has 0 aliphatic carbocycles. The number of hydrogen-bond donors (Lipinski definition) is 1. The second-order valence-electron chi connectivity index (χ2n) is 4.79. The van der Waals surface area contributed by atoms with Crippen LogP contribution in [-0.2, 0) is 9.53 Å². The SMILES string of the molecule is CCOC(=O)c1cnc2n(c1=O)C(C)CC/C2=C/C(=O)O. The van der Waals surface area contributed by atoms with E-state index in [-0.39, 0.29) is 18.2 Å². The molecular formula is C14H16N2O5. The Morgan fingerprint density at radius 1 is 1.57 bits per heavy atom. The smallest absolute Gasteiger partial charge is 0.345 e. The molecule has 1 N–H and O–H groups in total. The van der Waals surface area contributed by atoms with Crippen LogP contribution < -0.4 is 5.56 Å². The fourth-order valence-electron chi connectivity index (χ4n) is 2.36. The molecule has 0 saturated heterocycles. The van der Waals surface area contributed by atoms with Gasteiger partial charge in [0.1, 0.15) is 11.4 Å². The molecule has 0 bridgehead atoms. The van der Waals surface area contributed by atoms with E-state index in [0.29, 0.717) is 24.2 Å². The minimum Gasteiger partial charge on any atom is -0.478 e. The molecule has 0 radical (unpaired) electrons. The van der Waals surface area contributed by atoms with Crippen LogP contribution in [0.3, 0.4) is 0 Å². The highest BCUT2D eigenvalue weighted by Crippen LogP contribution is 2.29. The highest BCUT2D eigenvalue weighted by molar-refractivity contribution is 5.90. The van der Waals surface area contributed by atoms with Crippen LogP contribution in [0.4, 0.5) is 0 Å². The van der Waals surface area contributed by atoms with E-state index in [4.69, 9.17) is 9.84 Å². The van der Waals surface area contributed by atoms with Crippen molar-refractivity contribution in [2.45, 2.75) is 32.7 Å². The molecule has 2 rings (SSSR count). The number of aromatic nitrogens is 2. The summed E-state index contributed by atoms with van der Waals surface area (Å²) in [5, 5.41) is 8.87. The second kappa shape index (κ2) is 5.90. The number of carboxylic acids is 1. The van der Waals surface area contributed by atoms with Gasteiger partial charge in [-0.3, -0.25) is 9.36 Å². The van der Waals surface area contributed by atoms with E-state index in [1.807, 2.05) is 6.92 Å². The van der Waals surface area contributed by atoms with E-state index in [1.54, 1.807) is 6.92 Å². The number of rotatable bonds is 3. The standard InChI is InChI=1S/C14H16N2O5/c1-3-21-14(20)10-7-15-12-9(6-11(17)18)5-4-8(2)16(12)13(10)19/h6-8H,3-5H2,1-2H3,(H,17,18)/b9-6-. The molecule has 1 atom stereocenters. The Balaban J connectivity index is 2.59. The molecule has 112 valence electrons. The Morgan fingerprint density at radius 3 is 2.90 bits per heavy atom. The fraction of sp³-hybridized carbons (Fsp3) is 0.429. The molecule has 0 saturated carbocycles. The van der Waals surface area contributed by atoms with Gasteiger partial charge in [0.25, 0.3) is 5.56 Å². The first-order valence-electron chi connectivity index (χ1n) is 6.68. The largest absolute Gasteiger partial charge is 0.478 e. The van der Waals surface area contributed by atoms with Gasteiger partial charge in [0, 0.05) is 23.9 Å². The third kappa shape index (κ3) is 2.86. The van der Waals surface area contributed by atoms with Crippen molar-refractivity contribution in [2.24, 2.45) is 0 Å². The summed E-state index contributed by atoms with van der Waals surface area (Å²) in [6, 6.07) is -0.152. The van der Waals surface area contributed by atoms with Gasteiger partial charge in [-0.2, -0.15) is 0 Å². The predicted octanol–water partition coefficient (Wildman–Crippen LogP) is 1.24. The lowest BCUT2D eigenvalue weighted by Gasteiger charge is -2.26. The fourth-order valence-corrected chi connectivity index (χ4v) is 2.36. The van der Waals surface area contributed by atoms with Gasteiger partial charge in [-0.05, 0) is 26.7 Å². The summed E-state index contributed by atoms with van der Waals surface area (Å²) >= 11 is 0. The van der Waals surface area contributed by atoms with Gasteiger partial charge in [-0.1, -0.05) is 0 Å². The molecule has 0 amide bonds. The monoisotopic (exact) mass is 292 g/mol. The molecule has 1 unspecified atom stereocenters. The number of carbonyl (C=O) groups is 2. The van der Waals surface area contributed by atoms with Crippen molar-refractivity contribution < 1.29 is 19.4 Å². The van der Waals surface area contributed by atoms with E-state index in [0.717, 1.165) is 12.3 Å². The number of fused-ring (bicyclic) bond motifs is 1. The molecule has 1 aliphatic heterocycles. The van der Waals surface area contributed by atoms with Gasteiger partial charge >= 0.3 is 11.9 Å². The minimum atomic E-state index is -1.09. The van der Waals surface area contributed by atoms with Crippen molar-refractivity contribution >= 4 is 17.5 Å². The maximum absolute atomic E-state index is 12.4. The van der Waals surface area contributed by atoms with Gasteiger partial charge in [-0.25, -0.2) is 14.6 Å². The highest BCUT2D eigenvalue weighted by atomic mass is 16.5. The molecule has 0 spiro atoms. The quantitative estimate of drug-likeness (QED) is 0.665. The van der Waals surface area contributed by atoms with E-state index < -0.39 is 17.5 Å². The zero-order valence-electron chi connectivity index (χ0n) is 11.8. The third-order valence-electron chi connectivity index (χ3n) is 3.35. The van der Waals surface area contributed by atoms with Crippen LogP contribution in [0.1, 0.15) is 48.9 Å². The van der Waals surface area contributed by atoms with Crippen molar-refractivity contribution in [1.82, 2.24) is 9.55 Å². The van der Waals surface area contributed by atoms with Gasteiger partial charge in [0.2, 0.25) is 0 Å². The summed E-state index contributed by atoms with van der Waals surface area (Å²) < 4.78 is 6.19. The minimum absolute atomic E-state index is 0.135. The van der Waals surface area contributed by atoms with Crippen molar-refractivity contribution in [1.29, 1.82) is 0 Å². The third-order valence-corrected chi connectivity index (χ3v) is 3.35. The number of nitrogens with zero attached hydrogens (tertiary/aromatic N) is 2. The van der Waals surface area contributed by atoms with Gasteiger partial charge in [0.05, 0.1) is 6.61 Å². The molecule has 7 nitrogen and oxygen atoms in total. The molecular weight excluding hydrogens is 276 g/mol. The number of carboxylic acid groups (broad SMARTS) is 1. The van der Waals surface area contributed by atoms with Crippen LogP contribution in [0.2, 0.25) is 0 Å². The molecule has 1 aliphatic rings. The van der Waals surface area contributed by atoms with Crippen molar-refractivity contribution in [3.63, 3.8) is 0 Å². The van der Waals surface area contributed by atoms with E-state index in [2.05, 4.69) is 4.98 Å². The molecule has 0 aromatic carbocycles. The number of aliphatic carboxylic acids is 1. The number of esters is 1. The van der Waals surface area contributed by atoms with Crippen LogP contribution >= 0.6 is 0 Å². The van der Waals surface area contributed by atoms with Crippen molar-refractivity contribution in [2.75, 3.05) is 6.61 Å². The van der Waals surface area contributed by atoms with Crippen LogP contribution in [0, 0.1) is 0 Å². The average molecular weight is 292 g/mol. The lowest BCUT2D eigenvalue weighted by molar-refractivity contribution is -0.131. The predicted molar refractivity (Wildman–Crippen MR) is 74.0 cm³/mol. The summed E-state index contributed by atoms with van der Waals surface area (Å²) in [6.07, 6.45) is 3.34. The summed E-state index contributed by atoms with van der Waals surface area (Å²) in [5.41, 5.74) is -0.154. The van der Waals surface area contributed by atoms with Crippen LogP contribution in [0.15, 0.2) is 17.1 Å². The van der Waals surface area contributed by atoms with Gasteiger partial charge in [-0.15, -0.1) is 0 Å². The van der Waals surface area contributed by atoms with Crippen LogP contribution in [0.25, 0.3) is 5.57 Å². The first-order chi connectivity index (χ1) is 9.95. The van der Waals surface area contributed by atoms with Gasteiger partial charge < -0.3 is 9.84 Å². The lowest BCUT2D eigenvalue weighted by atomic mass is 9.99. The van der Waals surface area contributed by atoms with E-state index in [1.165, 1.54) is 4.57 Å². The Labute approximate surface area is 120 Å². The Kier molecular flexibility index (Phi) is 4.21. The maximum Gasteiger partial charge on any atom is 0.345 e. The maximum atomic E-state index is 12.4. The van der Waals surface area contributed by atoms with Crippen LogP contribution in [0.5, 0.6) is 0 Å². The molecule has 2 heterocycles. The number of hydrogen-bond acceptors (Lipinski definition) is 5. The Morgan fingerprint density at radius 2 is 2.29 bits per heavy atom. The topological polar surface area (TPSA) is 98.5 Å². The first-order valence-corrected chi connectivity index (χ1v) is 6.68. The molecule has 7 heteroatoms. The average Bonchev–Trinajstić information content (AvgIpc) is 2.41. The normalized spacial score (nSPS) is 19.1. The zero-order valence-corrected chi connectivity index (χ0v) is 11.8. The molecule has 1 aromatic rings. The molecule has 21 heavy (non-hydrogen) atoms. The molecule has 0 fully saturated rings. The highest BCUT2D eigenvalue weighted by Gasteiger charge is 2.26. The number of carbonyl (C=O) groups excluding carboxylic acids is 1. The summed E-state index contributed by atoms with van der Waals surface area (Å²) in [4.78, 5) is 39.1. The first kappa shape index (κ1) is 15.0. The Bertz CT molecular complexity index is 674. The summed E-state index contributed by atoms with van der Waals surface area (Å²) in [5.74, 6) is -1.50.